The zero-order valence-corrected chi connectivity index (χ0v) is 36.6. The Bertz CT molecular complexity index is 1470. The lowest BCUT2D eigenvalue weighted by Gasteiger charge is -2.58. The van der Waals surface area contributed by atoms with E-state index in [9.17, 15) is 14.7 Å². The van der Waals surface area contributed by atoms with E-state index in [1.807, 2.05) is 31.2 Å². The fourth-order valence-electron chi connectivity index (χ4n) is 10.7. The first kappa shape index (κ1) is 45.8. The number of ether oxygens (including phenoxy) is 4. The standard InChI is InChI=1S/C50H78O7/c1-7-9-11-13-15-17-19-20-21-23-25-27-29-31-44(51)54-37-41-34-42-46-48(38(3)4)35-40(6)50(42,43-33-39(5)45(52)47(43,53)36-41)57-49(55-46,56-48)32-30-28-26-24-22-18-16-14-12-10-8-2/h26,28,30,32-34,40,42-43,46,53H,3,7-25,27,29,31,35-37H2,1-2,4-6H3. The fraction of sp³-hybridized carbons (Fsp3) is 0.760. The maximum absolute atomic E-state index is 13.9. The maximum atomic E-state index is 13.9. The van der Waals surface area contributed by atoms with E-state index in [4.69, 9.17) is 18.9 Å². The zero-order chi connectivity index (χ0) is 40.9. The normalized spacial score (nSPS) is 32.8. The molecule has 7 heteroatoms. The van der Waals surface area contributed by atoms with Crippen LogP contribution in [0.4, 0.5) is 0 Å². The summed E-state index contributed by atoms with van der Waals surface area (Å²) in [6.45, 7) is 14.8. The molecule has 2 saturated heterocycles. The summed E-state index contributed by atoms with van der Waals surface area (Å²) in [6.07, 6.45) is 38.7. The zero-order valence-electron chi connectivity index (χ0n) is 36.6. The first-order valence-electron chi connectivity index (χ1n) is 23.4. The van der Waals surface area contributed by atoms with Crippen molar-refractivity contribution in [1.29, 1.82) is 0 Å². The molecular weight excluding hydrogens is 713 g/mol. The van der Waals surface area contributed by atoms with Crippen LogP contribution in [0.1, 0.15) is 189 Å². The second-order valence-corrected chi connectivity index (χ2v) is 18.4. The van der Waals surface area contributed by atoms with Gasteiger partial charge in [-0.15, -0.1) is 0 Å². The predicted molar refractivity (Wildman–Crippen MR) is 229 cm³/mol. The monoisotopic (exact) mass is 791 g/mol. The van der Waals surface area contributed by atoms with Crippen LogP contribution in [0.5, 0.6) is 0 Å². The van der Waals surface area contributed by atoms with Crippen LogP contribution in [0.2, 0.25) is 0 Å². The molecule has 0 aromatic heterocycles. The Morgan fingerprint density at radius 3 is 2.04 bits per heavy atom. The van der Waals surface area contributed by atoms with Gasteiger partial charge in [-0.1, -0.05) is 173 Å². The van der Waals surface area contributed by atoms with E-state index in [0.717, 1.165) is 37.7 Å². The molecule has 1 saturated carbocycles. The van der Waals surface area contributed by atoms with E-state index in [1.165, 1.54) is 103 Å². The molecule has 3 bridgehead atoms. The summed E-state index contributed by atoms with van der Waals surface area (Å²) in [5, 5.41) is 12.5. The smallest absolute Gasteiger partial charge is 0.306 e. The lowest BCUT2D eigenvalue weighted by Crippen LogP contribution is -2.70. The van der Waals surface area contributed by atoms with Crippen molar-refractivity contribution in [1.82, 2.24) is 0 Å². The molecule has 0 radical (unpaired) electrons. The van der Waals surface area contributed by atoms with E-state index in [-0.39, 0.29) is 36.6 Å². The van der Waals surface area contributed by atoms with Gasteiger partial charge in [-0.25, -0.2) is 0 Å². The molecule has 3 fully saturated rings. The van der Waals surface area contributed by atoms with Crippen LogP contribution >= 0.6 is 0 Å². The topological polar surface area (TPSA) is 91.3 Å². The highest BCUT2D eigenvalue weighted by Gasteiger charge is 2.78. The number of esters is 1. The summed E-state index contributed by atoms with van der Waals surface area (Å²) in [6, 6.07) is 0. The second kappa shape index (κ2) is 21.3. The van der Waals surface area contributed by atoms with Crippen LogP contribution in [0, 0.1) is 17.8 Å². The number of hydrogen-bond donors (Lipinski definition) is 1. The highest BCUT2D eigenvalue weighted by molar-refractivity contribution is 6.04. The number of fused-ring (bicyclic) bond motifs is 2. The van der Waals surface area contributed by atoms with Gasteiger partial charge >= 0.3 is 11.9 Å². The number of allylic oxidation sites excluding steroid dienone is 3. The van der Waals surface area contributed by atoms with Gasteiger partial charge in [-0.2, -0.15) is 0 Å². The third-order valence-electron chi connectivity index (χ3n) is 13.8. The average molecular weight is 791 g/mol. The molecule has 3 aliphatic carbocycles. The Morgan fingerprint density at radius 2 is 1.44 bits per heavy atom. The Morgan fingerprint density at radius 1 is 0.860 bits per heavy atom. The van der Waals surface area contributed by atoms with Crippen LogP contribution in [0.15, 0.2) is 59.8 Å². The number of hydrogen-bond acceptors (Lipinski definition) is 7. The first-order chi connectivity index (χ1) is 27.5. The minimum atomic E-state index is -1.73. The van der Waals surface area contributed by atoms with Gasteiger partial charge in [-0.3, -0.25) is 9.59 Å². The van der Waals surface area contributed by atoms with Gasteiger partial charge in [0.2, 0.25) is 0 Å². The fourth-order valence-corrected chi connectivity index (χ4v) is 10.7. The molecule has 2 heterocycles. The largest absolute Gasteiger partial charge is 0.461 e. The Labute approximate surface area is 346 Å². The molecule has 57 heavy (non-hydrogen) atoms. The maximum Gasteiger partial charge on any atom is 0.306 e. The van der Waals surface area contributed by atoms with E-state index >= 15 is 0 Å². The summed E-state index contributed by atoms with van der Waals surface area (Å²) >= 11 is 0. The number of Topliss-reactive ketones (excluding diaryl/α,β-unsaturated/α-hetero) is 1. The average Bonchev–Trinajstić information content (AvgIpc) is 3.49. The van der Waals surface area contributed by atoms with Gasteiger partial charge < -0.3 is 24.1 Å². The van der Waals surface area contributed by atoms with Crippen molar-refractivity contribution in [2.75, 3.05) is 6.61 Å². The molecule has 7 nitrogen and oxygen atoms in total. The molecule has 5 rings (SSSR count). The van der Waals surface area contributed by atoms with Crippen LogP contribution in [0.3, 0.4) is 0 Å². The second-order valence-electron chi connectivity index (χ2n) is 18.4. The van der Waals surface area contributed by atoms with Crippen molar-refractivity contribution in [3.05, 3.63) is 59.8 Å². The molecule has 8 unspecified atom stereocenters. The third-order valence-corrected chi connectivity index (χ3v) is 13.8. The van der Waals surface area contributed by atoms with Crippen LogP contribution < -0.4 is 0 Å². The molecular formula is C50H78O7. The number of carbonyl (C=O) groups excluding carboxylic acids is 2. The first-order valence-corrected chi connectivity index (χ1v) is 23.4. The van der Waals surface area contributed by atoms with Gasteiger partial charge in [-0.05, 0) is 62.2 Å². The van der Waals surface area contributed by atoms with Gasteiger partial charge in [0.25, 0.3) is 0 Å². The molecule has 0 aromatic carbocycles. The summed E-state index contributed by atoms with van der Waals surface area (Å²) in [7, 11) is 0. The summed E-state index contributed by atoms with van der Waals surface area (Å²) in [5.74, 6) is -3.17. The number of rotatable bonds is 27. The van der Waals surface area contributed by atoms with Crippen LogP contribution in [-0.4, -0.2) is 52.3 Å². The Balaban J connectivity index is 1.21. The third kappa shape index (κ3) is 10.5. The summed E-state index contributed by atoms with van der Waals surface area (Å²) in [5.41, 5.74) is -1.47. The van der Waals surface area contributed by atoms with Crippen LogP contribution in [-0.2, 0) is 28.5 Å². The SMILES string of the molecule is C=C(C)C12CC(C)C34OC(C=CC=CCCCCCCCCC)(OC1C3C=C(COC(=O)CCCCCCCCCCCCCCC)CC1(O)C(=O)C(C)=CC14)O2. The van der Waals surface area contributed by atoms with Crippen LogP contribution in [0.25, 0.3) is 0 Å². The number of carbonyl (C=O) groups is 2. The van der Waals surface area contributed by atoms with Gasteiger partial charge in [0.1, 0.15) is 23.9 Å². The molecule has 5 aliphatic rings. The van der Waals surface area contributed by atoms with Crippen molar-refractivity contribution in [2.24, 2.45) is 17.8 Å². The van der Waals surface area contributed by atoms with Crippen molar-refractivity contribution in [3.8, 4) is 0 Å². The Hall–Kier alpha value is -2.32. The highest BCUT2D eigenvalue weighted by Crippen LogP contribution is 2.68. The van der Waals surface area contributed by atoms with E-state index in [0.29, 0.717) is 24.0 Å². The number of ketones is 1. The molecule has 8 atom stereocenters. The quantitative estimate of drug-likeness (QED) is 0.0383. The minimum Gasteiger partial charge on any atom is -0.461 e. The van der Waals surface area contributed by atoms with Gasteiger partial charge in [0, 0.05) is 30.8 Å². The lowest BCUT2D eigenvalue weighted by molar-refractivity contribution is -0.398. The summed E-state index contributed by atoms with van der Waals surface area (Å²) in [4.78, 5) is 26.9. The predicted octanol–water partition coefficient (Wildman–Crippen LogP) is 12.3. The molecule has 0 aromatic rings. The van der Waals surface area contributed by atoms with Gasteiger partial charge in [0.05, 0.1) is 5.60 Å². The number of aliphatic hydroxyl groups is 1. The molecule has 1 N–H and O–H groups in total. The van der Waals surface area contributed by atoms with E-state index < -0.39 is 34.8 Å². The van der Waals surface area contributed by atoms with Crippen molar-refractivity contribution in [3.63, 3.8) is 0 Å². The molecule has 0 amide bonds. The molecule has 320 valence electrons. The highest BCUT2D eigenvalue weighted by atomic mass is 16.9. The summed E-state index contributed by atoms with van der Waals surface area (Å²) < 4.78 is 26.8. The van der Waals surface area contributed by atoms with Gasteiger partial charge in [0.15, 0.2) is 5.78 Å². The molecule has 0 spiro atoms. The lowest BCUT2D eigenvalue weighted by atomic mass is 9.55. The van der Waals surface area contributed by atoms with Crippen molar-refractivity contribution >= 4 is 11.8 Å². The molecule has 2 aliphatic heterocycles. The van der Waals surface area contributed by atoms with E-state index in [2.05, 4.69) is 39.5 Å². The minimum absolute atomic E-state index is 0.0157. The van der Waals surface area contributed by atoms with E-state index in [1.54, 1.807) is 6.92 Å². The van der Waals surface area contributed by atoms with Crippen molar-refractivity contribution in [2.45, 2.75) is 218 Å². The Kier molecular flexibility index (Phi) is 17.1. The number of unbranched alkanes of at least 4 members (excludes halogenated alkanes) is 19. The van der Waals surface area contributed by atoms with Crippen molar-refractivity contribution < 1.29 is 33.6 Å².